The number of halogens is 3. The second-order valence-corrected chi connectivity index (χ2v) is 8.72. The Morgan fingerprint density at radius 1 is 0.853 bits per heavy atom. The van der Waals surface area contributed by atoms with E-state index in [9.17, 15) is 18.4 Å². The summed E-state index contributed by atoms with van der Waals surface area (Å²) in [5.41, 5.74) is 2.79. The highest BCUT2D eigenvalue weighted by Gasteiger charge is 2.26. The average Bonchev–Trinajstić information content (AvgIpc) is 2.83. The molecule has 3 aromatic rings. The summed E-state index contributed by atoms with van der Waals surface area (Å²) in [7, 11) is 3.36. The molecule has 3 aromatic carbocycles. The van der Waals surface area contributed by atoms with E-state index >= 15 is 0 Å². The fourth-order valence-corrected chi connectivity index (χ4v) is 4.26. The standard InChI is InChI=1S/C26H24ClF2N3O2/c1-30(2)25(33)20-11-8-18(16-21(20)27)17-6-9-19(10-7-17)31-12-14-32(15-13-31)26(34)24-22(28)4-3-5-23(24)29/h3-11,16H,12-15H2,1-2H3. The van der Waals surface area contributed by atoms with Gasteiger partial charge in [-0.25, -0.2) is 8.78 Å². The lowest BCUT2D eigenvalue weighted by Crippen LogP contribution is -2.49. The Balaban J connectivity index is 1.42. The number of carbonyl (C=O) groups excluding carboxylic acids is 2. The first-order valence-corrected chi connectivity index (χ1v) is 11.2. The molecule has 176 valence electrons. The summed E-state index contributed by atoms with van der Waals surface area (Å²) in [5.74, 6) is -2.47. The fraction of sp³-hybridized carbons (Fsp3) is 0.231. The van der Waals surface area contributed by atoms with Crippen LogP contribution in [0.25, 0.3) is 11.1 Å². The van der Waals surface area contributed by atoms with Gasteiger partial charge < -0.3 is 14.7 Å². The van der Waals surface area contributed by atoms with Gasteiger partial charge in [0.05, 0.1) is 10.6 Å². The van der Waals surface area contributed by atoms with Crippen molar-refractivity contribution >= 4 is 29.1 Å². The molecule has 0 N–H and O–H groups in total. The van der Waals surface area contributed by atoms with E-state index in [1.807, 2.05) is 30.3 Å². The third-order valence-electron chi connectivity index (χ3n) is 5.91. The number of benzene rings is 3. The predicted octanol–water partition coefficient (Wildman–Crippen LogP) is 4.95. The van der Waals surface area contributed by atoms with Crippen LogP contribution in [0.5, 0.6) is 0 Å². The van der Waals surface area contributed by atoms with Crippen molar-refractivity contribution in [3.8, 4) is 11.1 Å². The first kappa shape index (κ1) is 23.7. The SMILES string of the molecule is CN(C)C(=O)c1ccc(-c2ccc(N3CCN(C(=O)c4c(F)cccc4F)CC3)cc2)cc1Cl. The van der Waals surface area contributed by atoms with Crippen LogP contribution in [0.2, 0.25) is 5.02 Å². The van der Waals surface area contributed by atoms with Crippen LogP contribution in [-0.4, -0.2) is 61.9 Å². The maximum Gasteiger partial charge on any atom is 0.259 e. The summed E-state index contributed by atoms with van der Waals surface area (Å²) in [6.45, 7) is 1.83. The Morgan fingerprint density at radius 3 is 2.00 bits per heavy atom. The van der Waals surface area contributed by atoms with Crippen LogP contribution in [0, 0.1) is 11.6 Å². The van der Waals surface area contributed by atoms with Gasteiger partial charge in [0, 0.05) is 46.0 Å². The molecule has 0 saturated carbocycles. The molecule has 0 aliphatic carbocycles. The van der Waals surface area contributed by atoms with Crippen LogP contribution < -0.4 is 4.90 Å². The molecule has 1 aliphatic rings. The van der Waals surface area contributed by atoms with E-state index in [4.69, 9.17) is 11.6 Å². The van der Waals surface area contributed by atoms with Crippen LogP contribution in [0.3, 0.4) is 0 Å². The molecule has 2 amide bonds. The minimum atomic E-state index is -0.845. The molecule has 0 unspecified atom stereocenters. The van der Waals surface area contributed by atoms with Gasteiger partial charge in [0.25, 0.3) is 11.8 Å². The van der Waals surface area contributed by atoms with Crippen molar-refractivity contribution in [2.75, 3.05) is 45.2 Å². The maximum atomic E-state index is 14.0. The molecule has 8 heteroatoms. The van der Waals surface area contributed by atoms with Crippen LogP contribution >= 0.6 is 11.6 Å². The van der Waals surface area contributed by atoms with Gasteiger partial charge in [-0.1, -0.05) is 35.9 Å². The summed E-state index contributed by atoms with van der Waals surface area (Å²) < 4.78 is 27.9. The molecule has 0 radical (unpaired) electrons. The van der Waals surface area contributed by atoms with Crippen molar-refractivity contribution in [1.82, 2.24) is 9.80 Å². The number of nitrogens with zero attached hydrogens (tertiary/aromatic N) is 3. The summed E-state index contributed by atoms with van der Waals surface area (Å²) in [6, 6.07) is 16.7. The number of piperazine rings is 1. The van der Waals surface area contributed by atoms with Crippen LogP contribution in [0.4, 0.5) is 14.5 Å². The van der Waals surface area contributed by atoms with Crippen molar-refractivity contribution in [2.24, 2.45) is 0 Å². The van der Waals surface area contributed by atoms with Gasteiger partial charge >= 0.3 is 0 Å². The van der Waals surface area contributed by atoms with Crippen molar-refractivity contribution < 1.29 is 18.4 Å². The number of anilines is 1. The van der Waals surface area contributed by atoms with Crippen molar-refractivity contribution in [2.45, 2.75) is 0 Å². The Morgan fingerprint density at radius 2 is 1.44 bits per heavy atom. The maximum absolute atomic E-state index is 14.0. The van der Waals surface area contributed by atoms with Crippen LogP contribution in [0.1, 0.15) is 20.7 Å². The van der Waals surface area contributed by atoms with Crippen molar-refractivity contribution in [3.63, 3.8) is 0 Å². The molecular formula is C26H24ClF2N3O2. The van der Waals surface area contributed by atoms with Crippen LogP contribution in [0.15, 0.2) is 60.7 Å². The molecule has 0 bridgehead atoms. The van der Waals surface area contributed by atoms with Gasteiger partial charge in [0.15, 0.2) is 0 Å². The molecule has 34 heavy (non-hydrogen) atoms. The van der Waals surface area contributed by atoms with E-state index in [1.165, 1.54) is 15.9 Å². The minimum Gasteiger partial charge on any atom is -0.368 e. The lowest BCUT2D eigenvalue weighted by atomic mass is 10.0. The molecule has 0 atom stereocenters. The van der Waals surface area contributed by atoms with E-state index in [-0.39, 0.29) is 5.91 Å². The molecular weight excluding hydrogens is 460 g/mol. The molecule has 0 aromatic heterocycles. The summed E-state index contributed by atoms with van der Waals surface area (Å²) in [5, 5.41) is 0.396. The monoisotopic (exact) mass is 483 g/mol. The topological polar surface area (TPSA) is 43.9 Å². The second-order valence-electron chi connectivity index (χ2n) is 8.32. The summed E-state index contributed by atoms with van der Waals surface area (Å²) in [6.07, 6.45) is 0. The van der Waals surface area contributed by atoms with Gasteiger partial charge in [-0.2, -0.15) is 0 Å². The second kappa shape index (κ2) is 9.81. The highest BCUT2D eigenvalue weighted by molar-refractivity contribution is 6.34. The largest absolute Gasteiger partial charge is 0.368 e. The predicted molar refractivity (Wildman–Crippen MR) is 129 cm³/mol. The Kier molecular flexibility index (Phi) is 6.84. The molecule has 1 aliphatic heterocycles. The minimum absolute atomic E-state index is 0.151. The van der Waals surface area contributed by atoms with E-state index < -0.39 is 23.1 Å². The van der Waals surface area contributed by atoms with E-state index in [0.717, 1.165) is 28.9 Å². The number of hydrogen-bond acceptors (Lipinski definition) is 3. The summed E-state index contributed by atoms with van der Waals surface area (Å²) in [4.78, 5) is 29.9. The summed E-state index contributed by atoms with van der Waals surface area (Å²) >= 11 is 6.34. The van der Waals surface area contributed by atoms with Crippen LogP contribution in [-0.2, 0) is 0 Å². The number of rotatable bonds is 4. The van der Waals surface area contributed by atoms with E-state index in [1.54, 1.807) is 26.2 Å². The van der Waals surface area contributed by atoms with Gasteiger partial charge in [0.1, 0.15) is 17.2 Å². The van der Waals surface area contributed by atoms with Crippen molar-refractivity contribution in [1.29, 1.82) is 0 Å². The number of carbonyl (C=O) groups is 2. The Labute approximate surface area is 202 Å². The highest BCUT2D eigenvalue weighted by atomic mass is 35.5. The first-order chi connectivity index (χ1) is 16.3. The number of hydrogen-bond donors (Lipinski definition) is 0. The first-order valence-electron chi connectivity index (χ1n) is 10.9. The van der Waals surface area contributed by atoms with E-state index in [2.05, 4.69) is 4.90 Å². The van der Waals surface area contributed by atoms with Gasteiger partial charge in [-0.3, -0.25) is 9.59 Å². The quantitative estimate of drug-likeness (QED) is 0.527. The zero-order valence-corrected chi connectivity index (χ0v) is 19.6. The zero-order valence-electron chi connectivity index (χ0n) is 18.9. The molecule has 5 nitrogen and oxygen atoms in total. The highest BCUT2D eigenvalue weighted by Crippen LogP contribution is 2.28. The van der Waals surface area contributed by atoms with Gasteiger partial charge in [-0.15, -0.1) is 0 Å². The Bertz CT molecular complexity index is 1200. The molecule has 1 fully saturated rings. The zero-order chi connectivity index (χ0) is 24.4. The lowest BCUT2D eigenvalue weighted by Gasteiger charge is -2.36. The smallest absolute Gasteiger partial charge is 0.259 e. The third-order valence-corrected chi connectivity index (χ3v) is 6.23. The fourth-order valence-electron chi connectivity index (χ4n) is 4.00. The third kappa shape index (κ3) is 4.75. The molecule has 1 heterocycles. The average molecular weight is 484 g/mol. The van der Waals surface area contributed by atoms with Gasteiger partial charge in [-0.05, 0) is 47.5 Å². The van der Waals surface area contributed by atoms with E-state index in [0.29, 0.717) is 36.8 Å². The Hall–Kier alpha value is -3.45. The van der Waals surface area contributed by atoms with Crippen molar-refractivity contribution in [3.05, 3.63) is 88.4 Å². The van der Waals surface area contributed by atoms with Gasteiger partial charge in [0.2, 0.25) is 0 Å². The molecule has 1 saturated heterocycles. The molecule has 4 rings (SSSR count). The normalized spacial score (nSPS) is 13.7. The number of amides is 2. The lowest BCUT2D eigenvalue weighted by molar-refractivity contribution is 0.0736. The molecule has 0 spiro atoms.